The van der Waals surface area contributed by atoms with E-state index >= 15 is 0 Å². The van der Waals surface area contributed by atoms with E-state index < -0.39 is 0 Å². The van der Waals surface area contributed by atoms with E-state index in [0.717, 1.165) is 10.0 Å². The van der Waals surface area contributed by atoms with Crippen molar-refractivity contribution in [2.75, 3.05) is 19.8 Å². The molecule has 0 spiro atoms. The second kappa shape index (κ2) is 7.61. The van der Waals surface area contributed by atoms with Crippen LogP contribution < -0.4 is 9.47 Å². The molecule has 0 aliphatic heterocycles. The topological polar surface area (TPSA) is 58.9 Å². The summed E-state index contributed by atoms with van der Waals surface area (Å²) >= 11 is 3.40. The van der Waals surface area contributed by atoms with Gasteiger partial charge in [0.25, 0.3) is 0 Å². The fraction of sp³-hybridized carbons (Fsp3) is 0.538. The van der Waals surface area contributed by atoms with E-state index in [0.29, 0.717) is 24.7 Å². The molecule has 0 amide bonds. The largest absolute Gasteiger partial charge is 0.490 e. The standard InChI is InChI=1S/C13H19BrO4/c1-3-17-12-5-10(7-16)4-11(14)13(12)18-8-9(2)6-15/h4-5,9,15-16H,3,6-8H2,1-2H3. The molecule has 0 aromatic heterocycles. The Balaban J connectivity index is 2.92. The molecule has 0 bridgehead atoms. The van der Waals surface area contributed by atoms with Crippen molar-refractivity contribution in [2.45, 2.75) is 20.5 Å². The lowest BCUT2D eigenvalue weighted by Gasteiger charge is -2.16. The SMILES string of the molecule is CCOc1cc(CO)cc(Br)c1OCC(C)CO. The number of aliphatic hydroxyl groups excluding tert-OH is 2. The Labute approximate surface area is 116 Å². The van der Waals surface area contributed by atoms with Crippen molar-refractivity contribution in [1.29, 1.82) is 0 Å². The second-order valence-electron chi connectivity index (χ2n) is 4.09. The molecule has 0 radical (unpaired) electrons. The third kappa shape index (κ3) is 4.15. The summed E-state index contributed by atoms with van der Waals surface area (Å²) in [6, 6.07) is 3.55. The summed E-state index contributed by atoms with van der Waals surface area (Å²) < 4.78 is 11.9. The zero-order valence-electron chi connectivity index (χ0n) is 10.6. The van der Waals surface area contributed by atoms with Crippen molar-refractivity contribution in [3.63, 3.8) is 0 Å². The van der Waals surface area contributed by atoms with Crippen molar-refractivity contribution < 1.29 is 19.7 Å². The van der Waals surface area contributed by atoms with Crippen LogP contribution in [-0.4, -0.2) is 30.0 Å². The van der Waals surface area contributed by atoms with Crippen LogP contribution in [0.2, 0.25) is 0 Å². The van der Waals surface area contributed by atoms with Gasteiger partial charge < -0.3 is 19.7 Å². The molecular formula is C13H19BrO4. The van der Waals surface area contributed by atoms with Gasteiger partial charge in [0, 0.05) is 12.5 Å². The Morgan fingerprint density at radius 2 is 2.00 bits per heavy atom. The van der Waals surface area contributed by atoms with Crippen molar-refractivity contribution in [3.05, 3.63) is 22.2 Å². The first kappa shape index (κ1) is 15.3. The van der Waals surface area contributed by atoms with E-state index in [-0.39, 0.29) is 19.1 Å². The summed E-state index contributed by atoms with van der Waals surface area (Å²) in [6.07, 6.45) is 0. The van der Waals surface area contributed by atoms with Crippen molar-refractivity contribution >= 4 is 15.9 Å². The van der Waals surface area contributed by atoms with Crippen LogP contribution in [0, 0.1) is 5.92 Å². The lowest BCUT2D eigenvalue weighted by molar-refractivity contribution is 0.169. The van der Waals surface area contributed by atoms with Gasteiger partial charge in [-0.15, -0.1) is 0 Å². The third-order valence-electron chi connectivity index (χ3n) is 2.38. The molecule has 2 N–H and O–H groups in total. The number of hydrogen-bond donors (Lipinski definition) is 2. The average Bonchev–Trinajstić information content (AvgIpc) is 2.37. The molecule has 102 valence electrons. The number of halogens is 1. The van der Waals surface area contributed by atoms with Gasteiger partial charge in [-0.25, -0.2) is 0 Å². The Kier molecular flexibility index (Phi) is 6.46. The Morgan fingerprint density at radius 3 is 2.56 bits per heavy atom. The summed E-state index contributed by atoms with van der Waals surface area (Å²) in [6.45, 7) is 4.75. The maximum Gasteiger partial charge on any atom is 0.175 e. The summed E-state index contributed by atoms with van der Waals surface area (Å²) in [7, 11) is 0. The fourth-order valence-corrected chi connectivity index (χ4v) is 2.00. The molecule has 18 heavy (non-hydrogen) atoms. The monoisotopic (exact) mass is 318 g/mol. The Bertz CT molecular complexity index is 381. The first-order valence-electron chi connectivity index (χ1n) is 5.92. The highest BCUT2D eigenvalue weighted by Gasteiger charge is 2.13. The van der Waals surface area contributed by atoms with Crippen molar-refractivity contribution in [1.82, 2.24) is 0 Å². The Hall–Kier alpha value is -0.780. The Morgan fingerprint density at radius 1 is 1.28 bits per heavy atom. The van der Waals surface area contributed by atoms with Gasteiger partial charge in [-0.3, -0.25) is 0 Å². The molecule has 1 aromatic carbocycles. The van der Waals surface area contributed by atoms with E-state index in [4.69, 9.17) is 19.7 Å². The minimum absolute atomic E-state index is 0.0496. The average molecular weight is 319 g/mol. The first-order valence-corrected chi connectivity index (χ1v) is 6.71. The molecule has 1 rings (SSSR count). The zero-order chi connectivity index (χ0) is 13.5. The van der Waals surface area contributed by atoms with Crippen LogP contribution in [0.3, 0.4) is 0 Å². The van der Waals surface area contributed by atoms with Gasteiger partial charge in [-0.1, -0.05) is 6.92 Å². The third-order valence-corrected chi connectivity index (χ3v) is 2.96. The molecule has 0 fully saturated rings. The van der Waals surface area contributed by atoms with Crippen LogP contribution in [0.15, 0.2) is 16.6 Å². The van der Waals surface area contributed by atoms with Gasteiger partial charge >= 0.3 is 0 Å². The smallest absolute Gasteiger partial charge is 0.175 e. The van der Waals surface area contributed by atoms with Crippen LogP contribution in [-0.2, 0) is 6.61 Å². The molecule has 1 aromatic rings. The molecule has 5 heteroatoms. The van der Waals surface area contributed by atoms with Crippen LogP contribution in [0.4, 0.5) is 0 Å². The van der Waals surface area contributed by atoms with Gasteiger partial charge in [-0.05, 0) is 40.5 Å². The van der Waals surface area contributed by atoms with Gasteiger partial charge in [0.1, 0.15) is 0 Å². The van der Waals surface area contributed by atoms with Crippen LogP contribution in [0.1, 0.15) is 19.4 Å². The highest BCUT2D eigenvalue weighted by Crippen LogP contribution is 2.37. The maximum atomic E-state index is 9.15. The van der Waals surface area contributed by atoms with E-state index in [2.05, 4.69) is 15.9 Å². The number of ether oxygens (including phenoxy) is 2. The maximum absolute atomic E-state index is 9.15. The highest BCUT2D eigenvalue weighted by molar-refractivity contribution is 9.10. The minimum Gasteiger partial charge on any atom is -0.490 e. The van der Waals surface area contributed by atoms with Crippen molar-refractivity contribution in [2.24, 2.45) is 5.92 Å². The molecule has 0 aliphatic rings. The lowest BCUT2D eigenvalue weighted by atomic mass is 10.2. The predicted molar refractivity (Wildman–Crippen MR) is 73.0 cm³/mol. The van der Waals surface area contributed by atoms with Gasteiger partial charge in [0.15, 0.2) is 11.5 Å². The molecule has 0 heterocycles. The summed E-state index contributed by atoms with van der Waals surface area (Å²) in [4.78, 5) is 0. The van der Waals surface area contributed by atoms with Crippen LogP contribution in [0.25, 0.3) is 0 Å². The quantitative estimate of drug-likeness (QED) is 0.810. The van der Waals surface area contributed by atoms with E-state index in [1.165, 1.54) is 0 Å². The summed E-state index contributed by atoms with van der Waals surface area (Å²) in [5, 5.41) is 18.1. The van der Waals surface area contributed by atoms with Gasteiger partial charge in [0.2, 0.25) is 0 Å². The second-order valence-corrected chi connectivity index (χ2v) is 4.95. The van der Waals surface area contributed by atoms with Gasteiger partial charge in [0.05, 0.1) is 24.3 Å². The first-order chi connectivity index (χ1) is 8.62. The molecule has 0 aliphatic carbocycles. The summed E-state index contributed by atoms with van der Waals surface area (Å²) in [5.41, 5.74) is 0.757. The summed E-state index contributed by atoms with van der Waals surface area (Å²) in [5.74, 6) is 1.26. The zero-order valence-corrected chi connectivity index (χ0v) is 12.2. The number of benzene rings is 1. The van der Waals surface area contributed by atoms with Crippen LogP contribution >= 0.6 is 15.9 Å². The molecular weight excluding hydrogens is 300 g/mol. The molecule has 4 nitrogen and oxygen atoms in total. The lowest BCUT2D eigenvalue weighted by Crippen LogP contribution is -2.13. The van der Waals surface area contributed by atoms with E-state index in [1.54, 1.807) is 12.1 Å². The number of rotatable bonds is 7. The van der Waals surface area contributed by atoms with Crippen LogP contribution in [0.5, 0.6) is 11.5 Å². The van der Waals surface area contributed by atoms with Crippen molar-refractivity contribution in [3.8, 4) is 11.5 Å². The highest BCUT2D eigenvalue weighted by atomic mass is 79.9. The minimum atomic E-state index is -0.0496. The van der Waals surface area contributed by atoms with E-state index in [1.807, 2.05) is 13.8 Å². The molecule has 1 atom stereocenters. The number of aliphatic hydroxyl groups is 2. The predicted octanol–water partition coefficient (Wildman–Crippen LogP) is 2.35. The number of hydrogen-bond acceptors (Lipinski definition) is 4. The molecule has 0 saturated carbocycles. The molecule has 1 unspecified atom stereocenters. The van der Waals surface area contributed by atoms with E-state index in [9.17, 15) is 0 Å². The normalized spacial score (nSPS) is 12.3. The fourth-order valence-electron chi connectivity index (χ4n) is 1.39. The molecule has 0 saturated heterocycles. The van der Waals surface area contributed by atoms with Gasteiger partial charge in [-0.2, -0.15) is 0 Å².